The number of hydrogen-bond acceptors (Lipinski definition) is 0. The van der Waals surface area contributed by atoms with Gasteiger partial charge in [-0.2, -0.15) is 0 Å². The summed E-state index contributed by atoms with van der Waals surface area (Å²) in [6.07, 6.45) is 19.7. The molecule has 0 amide bonds. The molecule has 2 unspecified atom stereocenters. The second kappa shape index (κ2) is 16.1. The number of halogens is 2. The SMILES string of the molecule is CC(C)c1ccc(-c2cccc3c2C=C(C2CCCCC2)[CH]3[Hf]2([CH]3C(C4CCCCC4)=Cc4c(-c5ccc(C(C)C)cc5)cccc43)[CH2][CH2]2)cc1.Cl.Cl. The standard InChI is InChI=1S/2C24H27.C2H4.2ClH.Hf/c2*1-17(2)18-11-13-20(14-12-18)23-10-6-9-21-15-22(16-24(21)23)19-7-4-3-5-8-19;1-2;;;/h2*6,9-17,19H,3-5,7-8H2,1-2H3;1-2H2;2*1H;. The van der Waals surface area contributed by atoms with Gasteiger partial charge in [-0.05, 0) is 0 Å². The Morgan fingerprint density at radius 1 is 0.472 bits per heavy atom. The summed E-state index contributed by atoms with van der Waals surface area (Å²) in [6.45, 7) is 9.24. The smallest absolute Gasteiger partial charge is 0.147 e. The van der Waals surface area contributed by atoms with Crippen LogP contribution in [-0.2, 0) is 20.0 Å². The molecule has 1 aliphatic heterocycles. The molecule has 5 aliphatic rings. The van der Waals surface area contributed by atoms with Gasteiger partial charge in [-0.25, -0.2) is 0 Å². The first-order valence-corrected chi connectivity index (χ1v) is 30.1. The zero-order valence-electron chi connectivity index (χ0n) is 32.5. The number of rotatable bonds is 8. The van der Waals surface area contributed by atoms with Gasteiger partial charge in [0.05, 0.1) is 0 Å². The molecule has 4 aromatic rings. The Morgan fingerprint density at radius 3 is 1.19 bits per heavy atom. The molecule has 0 spiro atoms. The maximum absolute atomic E-state index is 3.07. The van der Waals surface area contributed by atoms with E-state index in [0.717, 1.165) is 19.2 Å². The van der Waals surface area contributed by atoms with E-state index < -0.39 is 20.0 Å². The zero-order valence-corrected chi connectivity index (χ0v) is 37.7. The predicted octanol–water partition coefficient (Wildman–Crippen LogP) is 15.9. The normalized spacial score (nSPS) is 22.1. The summed E-state index contributed by atoms with van der Waals surface area (Å²) in [5.41, 5.74) is 19.1. The number of benzene rings is 4. The maximum atomic E-state index is 2.80. The van der Waals surface area contributed by atoms with Gasteiger partial charge in [0.2, 0.25) is 0 Å². The maximum Gasteiger partial charge on any atom is -0.147 e. The van der Waals surface area contributed by atoms with Crippen LogP contribution in [0, 0.1) is 11.8 Å². The third-order valence-corrected chi connectivity index (χ3v) is 32.9. The van der Waals surface area contributed by atoms with Crippen LogP contribution in [0.3, 0.4) is 0 Å². The zero-order chi connectivity index (χ0) is 34.7. The van der Waals surface area contributed by atoms with Crippen LogP contribution in [-0.4, -0.2) is 0 Å². The van der Waals surface area contributed by atoms with Crippen LogP contribution in [0.4, 0.5) is 0 Å². The Labute approximate surface area is 337 Å². The first-order chi connectivity index (χ1) is 24.9. The van der Waals surface area contributed by atoms with E-state index in [9.17, 15) is 0 Å². The van der Waals surface area contributed by atoms with Gasteiger partial charge in [0.1, 0.15) is 0 Å². The van der Waals surface area contributed by atoms with Crippen LogP contribution < -0.4 is 0 Å². The molecule has 2 saturated carbocycles. The molecule has 1 heterocycles. The summed E-state index contributed by atoms with van der Waals surface area (Å²) in [5.74, 6) is 2.68. The van der Waals surface area contributed by atoms with Crippen molar-refractivity contribution < 1.29 is 20.0 Å². The minimum atomic E-state index is -3.07. The van der Waals surface area contributed by atoms with Crippen molar-refractivity contribution in [3.63, 3.8) is 0 Å². The molecular weight excluding hydrogens is 850 g/mol. The van der Waals surface area contributed by atoms with Crippen LogP contribution in [0.15, 0.2) is 96.1 Å². The van der Waals surface area contributed by atoms with Gasteiger partial charge in [-0.1, -0.05) is 0 Å². The Bertz CT molecular complexity index is 1820. The third-order valence-electron chi connectivity index (χ3n) is 14.1. The van der Waals surface area contributed by atoms with Crippen LogP contribution in [0.2, 0.25) is 8.35 Å². The van der Waals surface area contributed by atoms with Crippen molar-refractivity contribution in [1.82, 2.24) is 0 Å². The summed E-state index contributed by atoms with van der Waals surface area (Å²) >= 11 is -3.07. The van der Waals surface area contributed by atoms with Gasteiger partial charge in [0.25, 0.3) is 0 Å². The van der Waals surface area contributed by atoms with Gasteiger partial charge in [-0.3, -0.25) is 0 Å². The molecule has 2 atom stereocenters. The summed E-state index contributed by atoms with van der Waals surface area (Å²) < 4.78 is 4.61. The summed E-state index contributed by atoms with van der Waals surface area (Å²) in [5, 5.41) is 0. The fourth-order valence-electron chi connectivity index (χ4n) is 11.2. The fraction of sp³-hybridized carbons (Fsp3) is 0.440. The summed E-state index contributed by atoms with van der Waals surface area (Å²) in [6, 6.07) is 34.1. The molecule has 53 heavy (non-hydrogen) atoms. The second-order valence-electron chi connectivity index (χ2n) is 17.7. The number of allylic oxidation sites excluding steroid dienone is 2. The van der Waals surface area contributed by atoms with Crippen molar-refractivity contribution in [2.75, 3.05) is 0 Å². The van der Waals surface area contributed by atoms with Gasteiger partial charge in [0, 0.05) is 0 Å². The van der Waals surface area contributed by atoms with Crippen molar-refractivity contribution in [2.24, 2.45) is 11.8 Å². The average molecular weight is 910 g/mol. The Kier molecular flexibility index (Phi) is 11.9. The van der Waals surface area contributed by atoms with E-state index in [1.54, 1.807) is 30.6 Å². The van der Waals surface area contributed by atoms with E-state index in [0.29, 0.717) is 11.8 Å². The Morgan fingerprint density at radius 2 is 0.849 bits per heavy atom. The number of hydrogen-bond donors (Lipinski definition) is 0. The van der Waals surface area contributed by atoms with Crippen molar-refractivity contribution in [3.05, 3.63) is 129 Å². The molecule has 4 aliphatic carbocycles. The first-order valence-electron chi connectivity index (χ1n) is 20.8. The number of fused-ring (bicyclic) bond motifs is 2. The minimum absolute atomic E-state index is 0. The Hall–Kier alpha value is -2.19. The fourth-order valence-corrected chi connectivity index (χ4v) is 39.4. The minimum Gasteiger partial charge on any atom is -0.147 e. The molecule has 9 rings (SSSR count). The molecule has 278 valence electrons. The molecule has 3 heteroatoms. The van der Waals surface area contributed by atoms with Gasteiger partial charge in [-0.15, -0.1) is 24.8 Å². The Balaban J connectivity index is 0.00000218. The monoisotopic (exact) mass is 910 g/mol. The van der Waals surface area contributed by atoms with Crippen LogP contribution >= 0.6 is 24.8 Å². The van der Waals surface area contributed by atoms with Gasteiger partial charge in [0.15, 0.2) is 0 Å². The van der Waals surface area contributed by atoms with E-state index >= 15 is 0 Å². The molecule has 1 saturated heterocycles. The molecule has 0 radical (unpaired) electrons. The molecular formula is C50H60Cl2Hf. The van der Waals surface area contributed by atoms with Crippen molar-refractivity contribution in [3.8, 4) is 22.3 Å². The van der Waals surface area contributed by atoms with Crippen LogP contribution in [0.5, 0.6) is 0 Å². The van der Waals surface area contributed by atoms with E-state index in [4.69, 9.17) is 0 Å². The van der Waals surface area contributed by atoms with E-state index in [1.165, 1.54) is 97.6 Å². The quantitative estimate of drug-likeness (QED) is 0.155. The average Bonchev–Trinajstić information content (AvgIpc) is 3.69. The molecule has 3 fully saturated rings. The first kappa shape index (κ1) is 39.1. The van der Waals surface area contributed by atoms with Crippen molar-refractivity contribution >= 4 is 37.0 Å². The topological polar surface area (TPSA) is 0 Å². The van der Waals surface area contributed by atoms with Crippen molar-refractivity contribution in [2.45, 2.75) is 119 Å². The van der Waals surface area contributed by atoms with Gasteiger partial charge < -0.3 is 0 Å². The van der Waals surface area contributed by atoms with Crippen LogP contribution in [0.1, 0.15) is 144 Å². The largest absolute Gasteiger partial charge is 0.147 e. The predicted molar refractivity (Wildman–Crippen MR) is 231 cm³/mol. The van der Waals surface area contributed by atoms with Crippen LogP contribution in [0.25, 0.3) is 34.4 Å². The molecule has 4 aromatic carbocycles. The molecule has 0 bridgehead atoms. The summed E-state index contributed by atoms with van der Waals surface area (Å²) in [4.78, 5) is 0. The van der Waals surface area contributed by atoms with Crippen molar-refractivity contribution in [1.29, 1.82) is 0 Å². The summed E-state index contributed by atoms with van der Waals surface area (Å²) in [7, 11) is 0. The third kappa shape index (κ3) is 7.08. The molecule has 0 nitrogen and oxygen atoms in total. The van der Waals surface area contributed by atoms with E-state index in [1.807, 2.05) is 11.1 Å². The molecule has 0 N–H and O–H groups in total. The molecule has 0 aromatic heterocycles. The second-order valence-corrected chi connectivity index (χ2v) is 34.3. The van der Waals surface area contributed by atoms with Gasteiger partial charge >= 0.3 is 315 Å². The van der Waals surface area contributed by atoms with E-state index in [-0.39, 0.29) is 24.8 Å². The van der Waals surface area contributed by atoms with E-state index in [2.05, 4.69) is 125 Å².